The third-order valence-corrected chi connectivity index (χ3v) is 8.08. The van der Waals surface area contributed by atoms with Crippen LogP contribution in [0, 0.1) is 11.8 Å². The molecular formula is C36H38O9. The van der Waals surface area contributed by atoms with Gasteiger partial charge in [-0.3, -0.25) is 9.59 Å². The first-order chi connectivity index (χ1) is 22.0. The molecule has 9 heteroatoms. The molecule has 0 unspecified atom stereocenters. The van der Waals surface area contributed by atoms with Gasteiger partial charge in [-0.1, -0.05) is 91.0 Å². The molecule has 236 valence electrons. The first-order valence-corrected chi connectivity index (χ1v) is 15.2. The van der Waals surface area contributed by atoms with Gasteiger partial charge in [-0.2, -0.15) is 0 Å². The molecule has 0 radical (unpaired) electrons. The average molecular weight is 615 g/mol. The Morgan fingerprint density at radius 3 is 1.73 bits per heavy atom. The number of rotatable bonds is 8. The molecule has 0 bridgehead atoms. The molecule has 2 heterocycles. The number of allylic oxidation sites excluding steroid dienone is 2. The molecule has 0 spiro atoms. The lowest BCUT2D eigenvalue weighted by Crippen LogP contribution is -2.63. The van der Waals surface area contributed by atoms with Crippen LogP contribution < -0.4 is 0 Å². The molecule has 9 nitrogen and oxygen atoms in total. The number of hydrogen-bond donors (Lipinski definition) is 1. The number of aliphatic hydroxyl groups excluding tert-OH is 1. The first-order valence-electron chi connectivity index (χ1n) is 15.2. The highest BCUT2D eigenvalue weighted by atomic mass is 16.7. The van der Waals surface area contributed by atoms with Crippen LogP contribution in [0.15, 0.2) is 103 Å². The van der Waals surface area contributed by atoms with Crippen molar-refractivity contribution < 1.29 is 43.2 Å². The van der Waals surface area contributed by atoms with Crippen LogP contribution in [-0.4, -0.2) is 67.4 Å². The molecule has 0 saturated carbocycles. The Kier molecular flexibility index (Phi) is 11.1. The topological polar surface area (TPSA) is 118 Å². The lowest BCUT2D eigenvalue weighted by molar-refractivity contribution is -0.301. The molecule has 2 aliphatic rings. The van der Waals surface area contributed by atoms with Gasteiger partial charge in [-0.25, -0.2) is 4.79 Å². The summed E-state index contributed by atoms with van der Waals surface area (Å²) >= 11 is 0. The fraction of sp³-hybridized carbons (Fsp3) is 0.361. The van der Waals surface area contributed by atoms with Crippen LogP contribution in [0.3, 0.4) is 0 Å². The molecule has 1 fully saturated rings. The smallest absolute Gasteiger partial charge is 0.338 e. The van der Waals surface area contributed by atoms with Crippen molar-refractivity contribution in [1.82, 2.24) is 0 Å². The van der Waals surface area contributed by atoms with Gasteiger partial charge in [0.15, 0.2) is 24.6 Å². The van der Waals surface area contributed by atoms with Crippen LogP contribution in [0.4, 0.5) is 0 Å². The van der Waals surface area contributed by atoms with E-state index in [1.165, 1.54) is 7.11 Å². The number of carbonyl (C=O) groups excluding carboxylic acids is 3. The summed E-state index contributed by atoms with van der Waals surface area (Å²) < 4.78 is 29.6. The van der Waals surface area contributed by atoms with Crippen molar-refractivity contribution in [3.63, 3.8) is 0 Å². The lowest BCUT2D eigenvalue weighted by atomic mass is 9.92. The van der Waals surface area contributed by atoms with Gasteiger partial charge in [0.25, 0.3) is 0 Å². The quantitative estimate of drug-likeness (QED) is 0.223. The minimum Gasteiger partial charge on any atom is -0.454 e. The van der Waals surface area contributed by atoms with Crippen molar-refractivity contribution in [1.29, 1.82) is 0 Å². The van der Waals surface area contributed by atoms with Crippen molar-refractivity contribution >= 4 is 17.9 Å². The van der Waals surface area contributed by atoms with Crippen molar-refractivity contribution in [2.45, 2.75) is 56.4 Å². The number of methoxy groups -OCH3 is 1. The molecule has 0 aromatic heterocycles. The predicted molar refractivity (Wildman–Crippen MR) is 164 cm³/mol. The van der Waals surface area contributed by atoms with E-state index in [0.717, 1.165) is 11.1 Å². The lowest BCUT2D eigenvalue weighted by Gasteiger charge is -2.44. The molecule has 1 N–H and O–H groups in total. The number of hydrogen-bond acceptors (Lipinski definition) is 9. The zero-order valence-electron chi connectivity index (χ0n) is 25.1. The van der Waals surface area contributed by atoms with E-state index in [1.807, 2.05) is 72.8 Å². The molecule has 0 aliphatic carbocycles. The van der Waals surface area contributed by atoms with Crippen molar-refractivity contribution in [3.8, 4) is 0 Å². The van der Waals surface area contributed by atoms with E-state index in [0.29, 0.717) is 25.7 Å². The number of carbonyl (C=O) groups is 3. The molecule has 5 rings (SSSR count). The number of fused-ring (bicyclic) bond motifs is 1. The number of esters is 3. The van der Waals surface area contributed by atoms with Gasteiger partial charge in [-0.05, 0) is 48.9 Å². The van der Waals surface area contributed by atoms with Crippen LogP contribution in [0.25, 0.3) is 0 Å². The normalized spacial score (nSPS) is 27.2. The van der Waals surface area contributed by atoms with E-state index in [4.69, 9.17) is 23.7 Å². The van der Waals surface area contributed by atoms with E-state index >= 15 is 0 Å². The molecule has 0 amide bonds. The van der Waals surface area contributed by atoms with Crippen LogP contribution in [-0.2, 0) is 46.1 Å². The van der Waals surface area contributed by atoms with E-state index in [2.05, 4.69) is 0 Å². The number of aliphatic hydroxyl groups is 1. The molecule has 45 heavy (non-hydrogen) atoms. The molecule has 7 atom stereocenters. The van der Waals surface area contributed by atoms with Gasteiger partial charge in [-0.15, -0.1) is 0 Å². The van der Waals surface area contributed by atoms with E-state index in [-0.39, 0.29) is 5.56 Å². The Labute approximate surface area is 262 Å². The van der Waals surface area contributed by atoms with Crippen LogP contribution in [0.2, 0.25) is 0 Å². The van der Waals surface area contributed by atoms with Crippen molar-refractivity contribution in [2.24, 2.45) is 11.8 Å². The third-order valence-electron chi connectivity index (χ3n) is 8.08. The zero-order valence-corrected chi connectivity index (χ0v) is 25.1. The fourth-order valence-corrected chi connectivity index (χ4v) is 5.69. The van der Waals surface area contributed by atoms with Crippen molar-refractivity contribution in [2.75, 3.05) is 13.7 Å². The third kappa shape index (κ3) is 8.25. The Balaban J connectivity index is 1.52. The summed E-state index contributed by atoms with van der Waals surface area (Å²) in [7, 11) is 1.36. The maximum absolute atomic E-state index is 13.9. The summed E-state index contributed by atoms with van der Waals surface area (Å²) in [4.78, 5) is 40.9. The van der Waals surface area contributed by atoms with E-state index in [1.54, 1.807) is 30.3 Å². The monoisotopic (exact) mass is 614 g/mol. The van der Waals surface area contributed by atoms with Gasteiger partial charge >= 0.3 is 17.9 Å². The zero-order chi connectivity index (χ0) is 31.6. The highest BCUT2D eigenvalue weighted by Crippen LogP contribution is 2.32. The van der Waals surface area contributed by atoms with E-state index < -0.39 is 67.1 Å². The molecule has 3 aromatic rings. The Morgan fingerprint density at radius 2 is 1.24 bits per heavy atom. The number of ether oxygens (including phenoxy) is 5. The molecule has 3 aromatic carbocycles. The summed E-state index contributed by atoms with van der Waals surface area (Å²) in [6.45, 7) is -0.575. The number of benzene rings is 3. The Bertz CT molecular complexity index is 1430. The summed E-state index contributed by atoms with van der Waals surface area (Å²) in [5, 5.41) is 10.3. The minimum absolute atomic E-state index is 0.256. The largest absolute Gasteiger partial charge is 0.454 e. The first kappa shape index (κ1) is 32.1. The second-order valence-electron chi connectivity index (χ2n) is 11.2. The highest BCUT2D eigenvalue weighted by molar-refractivity contribution is 5.89. The van der Waals surface area contributed by atoms with Gasteiger partial charge in [0.05, 0.1) is 24.0 Å². The summed E-state index contributed by atoms with van der Waals surface area (Å²) in [6, 6.07) is 27.5. The Morgan fingerprint density at radius 1 is 0.756 bits per heavy atom. The molecule has 1 saturated heterocycles. The molecular weight excluding hydrogens is 576 g/mol. The minimum atomic E-state index is -1.33. The summed E-state index contributed by atoms with van der Waals surface area (Å²) in [5.74, 6) is -2.97. The fourth-order valence-electron chi connectivity index (χ4n) is 5.69. The maximum atomic E-state index is 13.9. The summed E-state index contributed by atoms with van der Waals surface area (Å²) in [6.07, 6.45) is -0.917. The van der Waals surface area contributed by atoms with Crippen molar-refractivity contribution in [3.05, 3.63) is 120 Å². The van der Waals surface area contributed by atoms with Gasteiger partial charge in [0, 0.05) is 7.11 Å². The van der Waals surface area contributed by atoms with Crippen LogP contribution >= 0.6 is 0 Å². The highest BCUT2D eigenvalue weighted by Gasteiger charge is 2.53. The standard InChI is InChI=1S/C36H38O9/c1-41-36-32-31(30(29(23-37)42-36)43-33(38)26-17-9-4-10-18-26)44-34(39)27(21-24-13-5-2-6-14-24)19-11-12-20-28(35(40)45-32)22-25-15-7-3-8-16-25/h2-18,27-32,36-37H,19-23H2,1H3/t27-,28-,29+,30+,31-,32+,36-/m0/s1. The van der Waals surface area contributed by atoms with E-state index in [9.17, 15) is 19.5 Å². The SMILES string of the molecule is CO[C@H]1O[C@H](CO)[C@@H](OC(=O)c2ccccc2)[C@@H]2OC(=O)[C@H](Cc3ccccc3)CC=CC[C@@H](Cc3ccccc3)C(=O)O[C@@H]12. The maximum Gasteiger partial charge on any atom is 0.338 e. The van der Waals surface area contributed by atoms with Crippen LogP contribution in [0.1, 0.15) is 34.3 Å². The van der Waals surface area contributed by atoms with Gasteiger partial charge in [0.2, 0.25) is 0 Å². The van der Waals surface area contributed by atoms with Gasteiger partial charge < -0.3 is 28.8 Å². The van der Waals surface area contributed by atoms with Crippen LogP contribution in [0.5, 0.6) is 0 Å². The van der Waals surface area contributed by atoms with Gasteiger partial charge in [0.1, 0.15) is 6.10 Å². The Hall–Kier alpha value is -4.31. The second-order valence-corrected chi connectivity index (χ2v) is 11.2. The average Bonchev–Trinajstić information content (AvgIpc) is 3.07. The predicted octanol–water partition coefficient (Wildman–Crippen LogP) is 4.47. The summed E-state index contributed by atoms with van der Waals surface area (Å²) in [5.41, 5.74) is 2.17. The molecule has 2 aliphatic heterocycles. The second kappa shape index (κ2) is 15.6.